The number of para-hydroxylation sites is 2. The van der Waals surface area contributed by atoms with Crippen molar-refractivity contribution < 1.29 is 0 Å². The molecule has 0 bridgehead atoms. The van der Waals surface area contributed by atoms with E-state index in [1.165, 1.54) is 65.0 Å². The summed E-state index contributed by atoms with van der Waals surface area (Å²) in [7, 11) is 0. The highest BCUT2D eigenvalue weighted by Crippen LogP contribution is 2.46. The van der Waals surface area contributed by atoms with Crippen LogP contribution < -0.4 is 0 Å². The molecule has 218 valence electrons. The maximum absolute atomic E-state index is 5.26. The molecule has 0 unspecified atom stereocenters. The lowest BCUT2D eigenvalue weighted by Gasteiger charge is -2.21. The first-order chi connectivity index (χ1) is 23.3. The summed E-state index contributed by atoms with van der Waals surface area (Å²) in [6.45, 7) is 0. The normalized spacial score (nSPS) is 11.8. The van der Waals surface area contributed by atoms with E-state index in [0.717, 1.165) is 28.1 Å². The van der Waals surface area contributed by atoms with Gasteiger partial charge in [-0.3, -0.25) is 4.57 Å². The molecule has 0 aliphatic heterocycles. The summed E-state index contributed by atoms with van der Waals surface area (Å²) in [5.74, 6) is 0.941. The molecule has 10 aromatic rings. The topological polar surface area (TPSA) is 17.8 Å². The molecule has 0 amide bonds. The molecule has 10 rings (SSSR count). The Morgan fingerprint density at radius 2 is 0.979 bits per heavy atom. The van der Waals surface area contributed by atoms with Crippen LogP contribution in [0.3, 0.4) is 0 Å². The van der Waals surface area contributed by atoms with E-state index in [1.54, 1.807) is 0 Å². The molecule has 47 heavy (non-hydrogen) atoms. The number of aromatic nitrogens is 2. The number of imidazole rings is 1. The van der Waals surface area contributed by atoms with Crippen molar-refractivity contribution in [3.8, 4) is 28.2 Å². The van der Waals surface area contributed by atoms with E-state index in [0.29, 0.717) is 0 Å². The summed E-state index contributed by atoms with van der Waals surface area (Å²) < 4.78 is 2.40. The molecule has 0 saturated carbocycles. The first-order valence-corrected chi connectivity index (χ1v) is 16.1. The van der Waals surface area contributed by atoms with Crippen molar-refractivity contribution in [1.82, 2.24) is 9.55 Å². The molecule has 0 spiro atoms. The molecule has 0 fully saturated rings. The van der Waals surface area contributed by atoms with Crippen LogP contribution in [0.1, 0.15) is 0 Å². The zero-order chi connectivity index (χ0) is 30.9. The largest absolute Gasteiger partial charge is 0.291 e. The number of hydrogen-bond acceptors (Lipinski definition) is 1. The molecule has 2 nitrogen and oxygen atoms in total. The van der Waals surface area contributed by atoms with E-state index in [1.807, 2.05) is 0 Å². The van der Waals surface area contributed by atoms with Crippen molar-refractivity contribution in [2.75, 3.05) is 0 Å². The molecule has 0 radical (unpaired) electrons. The second-order valence-corrected chi connectivity index (χ2v) is 12.3. The fraction of sp³-hybridized carbons (Fsp3) is 0. The molecule has 0 N–H and O–H groups in total. The van der Waals surface area contributed by atoms with Crippen molar-refractivity contribution in [3.63, 3.8) is 0 Å². The zero-order valence-corrected chi connectivity index (χ0v) is 25.6. The van der Waals surface area contributed by atoms with E-state index in [-0.39, 0.29) is 0 Å². The van der Waals surface area contributed by atoms with Gasteiger partial charge in [-0.15, -0.1) is 0 Å². The first-order valence-electron chi connectivity index (χ1n) is 16.1. The Morgan fingerprint density at radius 3 is 1.81 bits per heavy atom. The predicted octanol–water partition coefficient (Wildman–Crippen LogP) is 12.1. The maximum atomic E-state index is 5.26. The van der Waals surface area contributed by atoms with Crippen LogP contribution in [0, 0.1) is 0 Å². The Bertz CT molecular complexity index is 2840. The van der Waals surface area contributed by atoms with E-state index in [2.05, 4.69) is 174 Å². The lowest BCUT2D eigenvalue weighted by atomic mass is 9.87. The highest BCUT2D eigenvalue weighted by Gasteiger charge is 2.23. The quantitative estimate of drug-likeness (QED) is 0.147. The summed E-state index contributed by atoms with van der Waals surface area (Å²) >= 11 is 0. The van der Waals surface area contributed by atoms with E-state index in [9.17, 15) is 0 Å². The number of fused-ring (bicyclic) bond motifs is 8. The summed E-state index contributed by atoms with van der Waals surface area (Å²) in [6.07, 6.45) is 0. The van der Waals surface area contributed by atoms with Crippen molar-refractivity contribution in [2.45, 2.75) is 0 Å². The summed E-state index contributed by atoms with van der Waals surface area (Å²) in [5.41, 5.74) is 6.80. The van der Waals surface area contributed by atoms with Gasteiger partial charge in [0.1, 0.15) is 5.82 Å². The molecular formula is C45H28N2. The zero-order valence-electron chi connectivity index (χ0n) is 25.6. The number of rotatable bonds is 3. The van der Waals surface area contributed by atoms with E-state index in [4.69, 9.17) is 4.98 Å². The molecule has 0 saturated heterocycles. The molecule has 0 aliphatic carbocycles. The molecular weight excluding hydrogens is 569 g/mol. The molecule has 0 aliphatic rings. The van der Waals surface area contributed by atoms with Gasteiger partial charge in [-0.25, -0.2) is 4.98 Å². The van der Waals surface area contributed by atoms with Crippen molar-refractivity contribution >= 4 is 64.9 Å². The monoisotopic (exact) mass is 596 g/mol. The maximum Gasteiger partial charge on any atom is 0.145 e. The third kappa shape index (κ3) is 3.89. The first kappa shape index (κ1) is 26.0. The van der Waals surface area contributed by atoms with Crippen LogP contribution in [0.2, 0.25) is 0 Å². The van der Waals surface area contributed by atoms with Gasteiger partial charge < -0.3 is 0 Å². The van der Waals surface area contributed by atoms with Gasteiger partial charge in [0.15, 0.2) is 0 Å². The Balaban J connectivity index is 1.42. The molecule has 2 heteroatoms. The third-order valence-electron chi connectivity index (χ3n) is 9.74. The van der Waals surface area contributed by atoms with Crippen LogP contribution in [0.5, 0.6) is 0 Å². The van der Waals surface area contributed by atoms with Gasteiger partial charge in [-0.05, 0) is 72.4 Å². The predicted molar refractivity (Wildman–Crippen MR) is 199 cm³/mol. The van der Waals surface area contributed by atoms with Crippen molar-refractivity contribution in [2.24, 2.45) is 0 Å². The van der Waals surface area contributed by atoms with Crippen molar-refractivity contribution in [1.29, 1.82) is 0 Å². The van der Waals surface area contributed by atoms with Gasteiger partial charge in [0.2, 0.25) is 0 Å². The fourth-order valence-corrected chi connectivity index (χ4v) is 7.66. The Kier molecular flexibility index (Phi) is 5.61. The number of nitrogens with zero attached hydrogens (tertiary/aromatic N) is 2. The average Bonchev–Trinajstić information content (AvgIpc) is 3.53. The van der Waals surface area contributed by atoms with Crippen molar-refractivity contribution in [3.05, 3.63) is 170 Å². The standard InChI is InChI=1S/C45H28N2/c1-2-14-32(15-3-1)45-46-40-20-10-11-21-41(40)47(45)44-37-19-9-8-18-36(37)42(38-27-26-30-13-5-7-17-35(30)43(38)44)33-25-24-31-23-22-29-12-4-6-16-34(29)39(31)28-33/h1-28H. The molecule has 0 atom stereocenters. The Hall–Kier alpha value is -6.25. The van der Waals surface area contributed by atoms with Crippen LogP contribution in [-0.4, -0.2) is 9.55 Å². The van der Waals surface area contributed by atoms with Gasteiger partial charge in [0, 0.05) is 16.3 Å². The summed E-state index contributed by atoms with van der Waals surface area (Å²) in [4.78, 5) is 5.26. The summed E-state index contributed by atoms with van der Waals surface area (Å²) in [5, 5.41) is 12.4. The van der Waals surface area contributed by atoms with Gasteiger partial charge in [0.05, 0.1) is 16.7 Å². The lowest BCUT2D eigenvalue weighted by molar-refractivity contribution is 1.13. The number of hydrogen-bond donors (Lipinski definition) is 0. The average molecular weight is 597 g/mol. The minimum atomic E-state index is 0.941. The third-order valence-corrected chi connectivity index (χ3v) is 9.74. The summed E-state index contributed by atoms with van der Waals surface area (Å²) in [6, 6.07) is 61.5. The molecule has 9 aromatic carbocycles. The lowest BCUT2D eigenvalue weighted by Crippen LogP contribution is -2.02. The second-order valence-electron chi connectivity index (χ2n) is 12.3. The highest BCUT2D eigenvalue weighted by atomic mass is 15.1. The second kappa shape index (κ2) is 10.1. The molecule has 1 heterocycles. The minimum Gasteiger partial charge on any atom is -0.291 e. The van der Waals surface area contributed by atoms with Crippen LogP contribution >= 0.6 is 0 Å². The van der Waals surface area contributed by atoms with Crippen LogP contribution in [-0.2, 0) is 0 Å². The smallest absolute Gasteiger partial charge is 0.145 e. The van der Waals surface area contributed by atoms with E-state index < -0.39 is 0 Å². The van der Waals surface area contributed by atoms with Gasteiger partial charge in [0.25, 0.3) is 0 Å². The molecule has 1 aromatic heterocycles. The SMILES string of the molecule is c1ccc(-c2nc3ccccc3n2-c2c3ccccc3c(-c3ccc4ccc5ccccc5c4c3)c3ccc4ccccc4c23)cc1. The fourth-order valence-electron chi connectivity index (χ4n) is 7.66. The van der Waals surface area contributed by atoms with Crippen LogP contribution in [0.4, 0.5) is 0 Å². The van der Waals surface area contributed by atoms with E-state index >= 15 is 0 Å². The van der Waals surface area contributed by atoms with Crippen LogP contribution in [0.15, 0.2) is 170 Å². The number of benzene rings is 9. The highest BCUT2D eigenvalue weighted by molar-refractivity contribution is 6.26. The van der Waals surface area contributed by atoms with Crippen LogP contribution in [0.25, 0.3) is 93.1 Å². The van der Waals surface area contributed by atoms with Gasteiger partial charge >= 0.3 is 0 Å². The Morgan fingerprint density at radius 1 is 0.383 bits per heavy atom. The minimum absolute atomic E-state index is 0.941. The Labute approximate surface area is 271 Å². The van der Waals surface area contributed by atoms with Gasteiger partial charge in [-0.1, -0.05) is 152 Å². The van der Waals surface area contributed by atoms with Gasteiger partial charge in [-0.2, -0.15) is 0 Å².